The first-order chi connectivity index (χ1) is 12.8. The number of anilines is 1. The highest BCUT2D eigenvalue weighted by atomic mass is 32.1. The Morgan fingerprint density at radius 3 is 2.57 bits per heavy atom. The molecule has 0 saturated carbocycles. The zero-order valence-electron chi connectivity index (χ0n) is 15.8. The van der Waals surface area contributed by atoms with Crippen LogP contribution in [0.5, 0.6) is 0 Å². The Hall–Kier alpha value is -2.94. The first kappa shape index (κ1) is 23.1. The summed E-state index contributed by atoms with van der Waals surface area (Å²) in [5.41, 5.74) is 2.10. The fraction of sp³-hybridized carbons (Fsp3) is 0.150. The molecule has 4 aromatic rings. The van der Waals surface area contributed by atoms with E-state index in [0.717, 1.165) is 27.2 Å². The monoisotopic (exact) mass is 399 g/mol. The summed E-state index contributed by atoms with van der Waals surface area (Å²) in [6, 6.07) is 13.8. The number of nitrogens with one attached hydrogen (secondary N) is 1. The van der Waals surface area contributed by atoms with Crippen molar-refractivity contribution in [2.45, 2.75) is 25.3 Å². The Morgan fingerprint density at radius 2 is 1.79 bits per heavy atom. The van der Waals surface area contributed by atoms with Crippen LogP contribution in [-0.2, 0) is 6.54 Å². The van der Waals surface area contributed by atoms with Gasteiger partial charge >= 0.3 is 0 Å². The molecular weight excluding hydrogens is 374 g/mol. The van der Waals surface area contributed by atoms with Gasteiger partial charge in [-0.2, -0.15) is 4.98 Å². The van der Waals surface area contributed by atoms with Crippen LogP contribution in [0.3, 0.4) is 0 Å². The molecule has 0 spiro atoms. The van der Waals surface area contributed by atoms with Crippen LogP contribution in [0.4, 0.5) is 5.82 Å². The van der Waals surface area contributed by atoms with Gasteiger partial charge in [0.15, 0.2) is 0 Å². The maximum absolute atomic E-state index is 4.60. The van der Waals surface area contributed by atoms with Crippen LogP contribution in [0.2, 0.25) is 0 Å². The minimum atomic E-state index is 0. The van der Waals surface area contributed by atoms with Crippen molar-refractivity contribution < 1.29 is 11.0 Å². The number of nitrogens with zero attached hydrogens (tertiary/aromatic N) is 4. The molecule has 1 aromatic carbocycles. The van der Waals surface area contributed by atoms with Gasteiger partial charge in [0.2, 0.25) is 5.95 Å². The van der Waals surface area contributed by atoms with Crippen LogP contribution >= 0.6 is 12.6 Å². The highest BCUT2D eigenvalue weighted by Gasteiger charge is 2.06. The number of benzene rings is 1. The van der Waals surface area contributed by atoms with Gasteiger partial charge in [-0.1, -0.05) is 32.0 Å². The van der Waals surface area contributed by atoms with Gasteiger partial charge in [-0.05, 0) is 29.8 Å². The van der Waals surface area contributed by atoms with E-state index in [1.165, 1.54) is 0 Å². The maximum atomic E-state index is 4.60. The molecule has 0 unspecified atom stereocenters. The number of pyridine rings is 1. The first-order valence-electron chi connectivity index (χ1n) is 8.56. The largest absolute Gasteiger partial charge is 0.412 e. The topological polar surface area (TPSA) is 119 Å². The van der Waals surface area contributed by atoms with Gasteiger partial charge in [-0.15, -0.1) is 12.6 Å². The lowest BCUT2D eigenvalue weighted by atomic mass is 10.2. The van der Waals surface area contributed by atoms with E-state index in [1.807, 2.05) is 73.3 Å². The summed E-state index contributed by atoms with van der Waals surface area (Å²) in [6.07, 6.45) is 7.30. The SMILES string of the molecule is CC.O.O.Sc1ccccc1CNc1ccnc(-n2ccc3ccncc32)n1. The molecule has 7 nitrogen and oxygen atoms in total. The molecule has 8 heteroatoms. The smallest absolute Gasteiger partial charge is 0.236 e. The van der Waals surface area contributed by atoms with Crippen molar-refractivity contribution in [3.05, 3.63) is 72.8 Å². The molecule has 5 N–H and O–H groups in total. The predicted molar refractivity (Wildman–Crippen MR) is 116 cm³/mol. The summed E-state index contributed by atoms with van der Waals surface area (Å²) in [5.74, 6) is 1.38. The quantitative estimate of drug-likeness (QED) is 0.512. The molecule has 0 aliphatic heterocycles. The predicted octanol–water partition coefficient (Wildman–Crippen LogP) is 3.09. The highest BCUT2D eigenvalue weighted by Crippen LogP contribution is 2.18. The molecule has 28 heavy (non-hydrogen) atoms. The Kier molecular flexibility index (Phi) is 9.10. The van der Waals surface area contributed by atoms with Crippen molar-refractivity contribution in [2.24, 2.45) is 0 Å². The number of fused-ring (bicyclic) bond motifs is 1. The molecule has 148 valence electrons. The number of thiol groups is 1. The zero-order chi connectivity index (χ0) is 18.4. The first-order valence-corrected chi connectivity index (χ1v) is 9.01. The van der Waals surface area contributed by atoms with Crippen molar-refractivity contribution in [2.75, 3.05) is 5.32 Å². The Balaban J connectivity index is 0.000000950. The highest BCUT2D eigenvalue weighted by molar-refractivity contribution is 7.80. The molecule has 4 rings (SSSR count). The molecule has 0 saturated heterocycles. The van der Waals surface area contributed by atoms with Gasteiger partial charge in [0.25, 0.3) is 0 Å². The van der Waals surface area contributed by atoms with Crippen molar-refractivity contribution in [1.82, 2.24) is 19.5 Å². The molecular formula is C20H25N5O2S. The van der Waals surface area contributed by atoms with Crippen molar-refractivity contribution >= 4 is 29.3 Å². The van der Waals surface area contributed by atoms with E-state index in [-0.39, 0.29) is 11.0 Å². The molecule has 3 heterocycles. The van der Waals surface area contributed by atoms with E-state index < -0.39 is 0 Å². The Morgan fingerprint density at radius 1 is 1.00 bits per heavy atom. The van der Waals surface area contributed by atoms with Crippen LogP contribution in [0.1, 0.15) is 19.4 Å². The third kappa shape index (κ3) is 5.07. The molecule has 0 fully saturated rings. The molecule has 0 amide bonds. The number of hydrogen-bond donors (Lipinski definition) is 2. The third-order valence-corrected chi connectivity index (χ3v) is 4.24. The second kappa shape index (κ2) is 11.0. The summed E-state index contributed by atoms with van der Waals surface area (Å²) >= 11 is 4.47. The summed E-state index contributed by atoms with van der Waals surface area (Å²) in [4.78, 5) is 14.1. The average Bonchev–Trinajstić information content (AvgIpc) is 3.13. The summed E-state index contributed by atoms with van der Waals surface area (Å²) in [6.45, 7) is 4.66. The normalized spacial score (nSPS) is 9.54. The fourth-order valence-corrected chi connectivity index (χ4v) is 2.80. The minimum absolute atomic E-state index is 0. The Labute approximate surface area is 169 Å². The minimum Gasteiger partial charge on any atom is -0.412 e. The lowest BCUT2D eigenvalue weighted by Crippen LogP contribution is -2.06. The van der Waals surface area contributed by atoms with Crippen molar-refractivity contribution in [3.8, 4) is 5.95 Å². The average molecular weight is 400 g/mol. The molecule has 0 aliphatic carbocycles. The summed E-state index contributed by atoms with van der Waals surface area (Å²) < 4.78 is 1.93. The second-order valence-electron chi connectivity index (χ2n) is 5.34. The lowest BCUT2D eigenvalue weighted by molar-refractivity contribution is 0.823. The number of rotatable bonds is 4. The zero-order valence-corrected chi connectivity index (χ0v) is 16.7. The van der Waals surface area contributed by atoms with E-state index >= 15 is 0 Å². The van der Waals surface area contributed by atoms with Crippen LogP contribution < -0.4 is 5.32 Å². The molecule has 0 radical (unpaired) electrons. The van der Waals surface area contributed by atoms with Gasteiger partial charge < -0.3 is 16.3 Å². The number of aromatic nitrogens is 4. The molecule has 0 bridgehead atoms. The van der Waals surface area contributed by atoms with Crippen LogP contribution in [0.25, 0.3) is 16.9 Å². The number of hydrogen-bond acceptors (Lipinski definition) is 5. The van der Waals surface area contributed by atoms with E-state index in [9.17, 15) is 0 Å². The van der Waals surface area contributed by atoms with Crippen LogP contribution in [-0.4, -0.2) is 30.5 Å². The standard InChI is InChI=1S/C18H15N5S.C2H6.2H2O/c24-16-4-2-1-3-14(16)11-21-17-6-9-20-18(22-17)23-10-7-13-5-8-19-12-15(13)23;1-2;;/h1-10,12,24H,11H2,(H,20,21,22);1-2H3;2*1H2. The Bertz CT molecular complexity index is 1010. The molecule has 0 atom stereocenters. The molecule has 3 aromatic heterocycles. The van der Waals surface area contributed by atoms with Crippen LogP contribution in [0, 0.1) is 0 Å². The second-order valence-corrected chi connectivity index (χ2v) is 5.83. The van der Waals surface area contributed by atoms with Gasteiger partial charge in [0, 0.05) is 35.4 Å². The van der Waals surface area contributed by atoms with Gasteiger partial charge in [-0.25, -0.2) is 4.98 Å². The van der Waals surface area contributed by atoms with Gasteiger partial charge in [0.05, 0.1) is 11.7 Å². The van der Waals surface area contributed by atoms with E-state index in [0.29, 0.717) is 12.5 Å². The van der Waals surface area contributed by atoms with Gasteiger partial charge in [-0.3, -0.25) is 9.55 Å². The van der Waals surface area contributed by atoms with Crippen molar-refractivity contribution in [3.63, 3.8) is 0 Å². The van der Waals surface area contributed by atoms with E-state index in [4.69, 9.17) is 0 Å². The lowest BCUT2D eigenvalue weighted by Gasteiger charge is -2.09. The van der Waals surface area contributed by atoms with E-state index in [2.05, 4.69) is 32.9 Å². The summed E-state index contributed by atoms with van der Waals surface area (Å²) in [7, 11) is 0. The van der Waals surface area contributed by atoms with E-state index in [1.54, 1.807) is 12.4 Å². The fourth-order valence-electron chi connectivity index (χ4n) is 2.56. The third-order valence-electron chi connectivity index (χ3n) is 3.81. The molecule has 0 aliphatic rings. The van der Waals surface area contributed by atoms with Gasteiger partial charge in [0.1, 0.15) is 5.82 Å². The van der Waals surface area contributed by atoms with Crippen LogP contribution in [0.15, 0.2) is 72.1 Å². The summed E-state index contributed by atoms with van der Waals surface area (Å²) in [5, 5.41) is 4.43. The maximum Gasteiger partial charge on any atom is 0.236 e. The van der Waals surface area contributed by atoms with Crippen molar-refractivity contribution in [1.29, 1.82) is 0 Å².